The highest BCUT2D eigenvalue weighted by molar-refractivity contribution is 7.99. The van der Waals surface area contributed by atoms with Crippen molar-refractivity contribution in [1.82, 2.24) is 4.98 Å². The van der Waals surface area contributed by atoms with Crippen molar-refractivity contribution in [2.75, 3.05) is 12.4 Å². The van der Waals surface area contributed by atoms with E-state index in [1.54, 1.807) is 19.3 Å². The molecule has 7 heteroatoms. The normalized spacial score (nSPS) is 21.4. The van der Waals surface area contributed by atoms with Crippen LogP contribution >= 0.6 is 23.1 Å². The number of carbonyl (C=O) groups is 1. The summed E-state index contributed by atoms with van der Waals surface area (Å²) in [5.74, 6) is 0.450. The number of furan rings is 1. The van der Waals surface area contributed by atoms with Crippen LogP contribution in [-0.4, -0.2) is 23.3 Å². The van der Waals surface area contributed by atoms with Crippen LogP contribution in [0.2, 0.25) is 0 Å². The van der Waals surface area contributed by atoms with Crippen LogP contribution in [0.1, 0.15) is 23.5 Å². The van der Waals surface area contributed by atoms with Gasteiger partial charge in [0, 0.05) is 5.75 Å². The summed E-state index contributed by atoms with van der Waals surface area (Å²) in [7, 11) is 0. The lowest BCUT2D eigenvalue weighted by atomic mass is 9.90. The van der Waals surface area contributed by atoms with Gasteiger partial charge in [0.05, 0.1) is 34.6 Å². The third-order valence-corrected chi connectivity index (χ3v) is 5.40. The molecule has 0 amide bonds. The molecule has 1 N–H and O–H groups in total. The number of hydrogen-bond donors (Lipinski definition) is 1. The van der Waals surface area contributed by atoms with E-state index in [1.807, 2.05) is 6.07 Å². The summed E-state index contributed by atoms with van der Waals surface area (Å²) in [4.78, 5) is 27.3. The molecule has 0 spiro atoms. The zero-order valence-corrected chi connectivity index (χ0v) is 12.4. The van der Waals surface area contributed by atoms with Gasteiger partial charge in [-0.3, -0.25) is 9.59 Å². The van der Waals surface area contributed by atoms with Gasteiger partial charge in [-0.05, 0) is 19.1 Å². The van der Waals surface area contributed by atoms with Gasteiger partial charge in [-0.1, -0.05) is 11.3 Å². The maximum absolute atomic E-state index is 12.2. The Bertz CT molecular complexity index is 658. The Labute approximate surface area is 123 Å². The molecule has 3 rings (SSSR count). The Morgan fingerprint density at radius 3 is 3.15 bits per heavy atom. The van der Waals surface area contributed by atoms with Gasteiger partial charge in [0.1, 0.15) is 5.76 Å². The minimum absolute atomic E-state index is 0.108. The number of aromatic amines is 1. The molecule has 0 saturated carbocycles. The van der Waals surface area contributed by atoms with Gasteiger partial charge in [0.2, 0.25) is 0 Å². The number of thiazole rings is 1. The first kappa shape index (κ1) is 13.5. The molecule has 20 heavy (non-hydrogen) atoms. The Balaban J connectivity index is 2.04. The Morgan fingerprint density at radius 1 is 1.60 bits per heavy atom. The van der Waals surface area contributed by atoms with Crippen LogP contribution in [-0.2, 0) is 9.53 Å². The van der Waals surface area contributed by atoms with Crippen LogP contribution in [0.4, 0.5) is 0 Å². The van der Waals surface area contributed by atoms with Gasteiger partial charge in [-0.25, -0.2) is 0 Å². The first-order valence-corrected chi connectivity index (χ1v) is 8.06. The summed E-state index contributed by atoms with van der Waals surface area (Å²) in [6, 6.07) is 3.62. The van der Waals surface area contributed by atoms with E-state index >= 15 is 0 Å². The molecule has 2 aromatic heterocycles. The average Bonchev–Trinajstić information content (AvgIpc) is 3.05. The molecule has 1 aliphatic rings. The lowest BCUT2D eigenvalue weighted by Gasteiger charge is -2.27. The molecule has 2 aromatic rings. The summed E-state index contributed by atoms with van der Waals surface area (Å²) < 4.78 is 10.6. The molecule has 0 saturated heterocycles. The number of esters is 1. The second-order valence-corrected chi connectivity index (χ2v) is 6.42. The van der Waals surface area contributed by atoms with E-state index in [-0.39, 0.29) is 22.7 Å². The van der Waals surface area contributed by atoms with Gasteiger partial charge >= 0.3 is 10.8 Å². The predicted molar refractivity (Wildman–Crippen MR) is 76.3 cm³/mol. The molecule has 0 aromatic carbocycles. The minimum Gasteiger partial charge on any atom is -0.469 e. The summed E-state index contributed by atoms with van der Waals surface area (Å²) in [6.07, 6.45) is 1.58. The third-order valence-electron chi connectivity index (χ3n) is 3.17. The number of rotatable bonds is 3. The molecule has 106 valence electrons. The summed E-state index contributed by atoms with van der Waals surface area (Å²) in [5, 5.41) is 0.835. The van der Waals surface area contributed by atoms with Crippen molar-refractivity contribution in [2.24, 2.45) is 5.92 Å². The highest BCUT2D eigenvalue weighted by Crippen LogP contribution is 2.45. The first-order chi connectivity index (χ1) is 9.70. The van der Waals surface area contributed by atoms with E-state index < -0.39 is 0 Å². The highest BCUT2D eigenvalue weighted by Gasteiger charge is 2.40. The van der Waals surface area contributed by atoms with Gasteiger partial charge in [0.25, 0.3) is 0 Å². The largest absolute Gasteiger partial charge is 0.469 e. The van der Waals surface area contributed by atoms with Gasteiger partial charge in [0.15, 0.2) is 0 Å². The quantitative estimate of drug-likeness (QED) is 0.882. The SMILES string of the molecule is CCOC(=O)C1CSc2[nH]c(=O)sc2C1c1ccco1. The maximum Gasteiger partial charge on any atom is 0.310 e. The summed E-state index contributed by atoms with van der Waals surface area (Å²) in [5.41, 5.74) is 0. The Morgan fingerprint density at radius 2 is 2.45 bits per heavy atom. The van der Waals surface area contributed by atoms with E-state index in [0.717, 1.165) is 21.2 Å². The number of aromatic nitrogens is 1. The van der Waals surface area contributed by atoms with Gasteiger partial charge < -0.3 is 14.1 Å². The highest BCUT2D eigenvalue weighted by atomic mass is 32.2. The number of thioether (sulfide) groups is 1. The zero-order chi connectivity index (χ0) is 14.1. The molecule has 0 radical (unpaired) electrons. The summed E-state index contributed by atoms with van der Waals surface area (Å²) in [6.45, 7) is 2.14. The molecule has 0 aliphatic carbocycles. The van der Waals surface area contributed by atoms with E-state index in [9.17, 15) is 9.59 Å². The molecule has 2 unspecified atom stereocenters. The second kappa shape index (κ2) is 5.49. The van der Waals surface area contributed by atoms with Crippen molar-refractivity contribution < 1.29 is 13.9 Å². The van der Waals surface area contributed by atoms with Crippen molar-refractivity contribution in [1.29, 1.82) is 0 Å². The van der Waals surface area contributed by atoms with E-state index in [4.69, 9.17) is 9.15 Å². The standard InChI is InChI=1S/C13H13NO4S2/c1-2-17-12(15)7-6-19-11-10(20-13(16)14-11)9(7)8-4-3-5-18-8/h3-5,7,9H,2,6H2,1H3,(H,14,16). The van der Waals surface area contributed by atoms with Crippen molar-refractivity contribution in [3.63, 3.8) is 0 Å². The summed E-state index contributed by atoms with van der Waals surface area (Å²) >= 11 is 2.62. The molecule has 0 bridgehead atoms. The molecule has 3 heterocycles. The number of H-pyrrole nitrogens is 1. The number of fused-ring (bicyclic) bond motifs is 1. The molecular weight excluding hydrogens is 298 g/mol. The fraction of sp³-hybridized carbons (Fsp3) is 0.385. The van der Waals surface area contributed by atoms with E-state index in [1.165, 1.54) is 11.8 Å². The fourth-order valence-electron chi connectivity index (χ4n) is 2.34. The number of ether oxygens (including phenoxy) is 1. The van der Waals surface area contributed by atoms with Crippen LogP contribution in [0.25, 0.3) is 0 Å². The number of nitrogens with one attached hydrogen (secondary N) is 1. The van der Waals surface area contributed by atoms with Crippen LogP contribution < -0.4 is 4.87 Å². The smallest absolute Gasteiger partial charge is 0.310 e. The van der Waals surface area contributed by atoms with Crippen molar-refractivity contribution in [3.05, 3.63) is 38.7 Å². The second-order valence-electron chi connectivity index (χ2n) is 4.37. The average molecular weight is 311 g/mol. The predicted octanol–water partition coefficient (Wildman–Crippen LogP) is 2.45. The van der Waals surface area contributed by atoms with Crippen LogP contribution in [0.15, 0.2) is 32.6 Å². The topological polar surface area (TPSA) is 72.3 Å². The van der Waals surface area contributed by atoms with Crippen molar-refractivity contribution in [2.45, 2.75) is 17.9 Å². The van der Waals surface area contributed by atoms with Crippen molar-refractivity contribution in [3.8, 4) is 0 Å². The van der Waals surface area contributed by atoms with Crippen LogP contribution in [0.3, 0.4) is 0 Å². The molecule has 0 fully saturated rings. The Kier molecular flexibility index (Phi) is 3.71. The Hall–Kier alpha value is -1.47. The molecule has 1 aliphatic heterocycles. The molecule has 2 atom stereocenters. The zero-order valence-electron chi connectivity index (χ0n) is 10.8. The van der Waals surface area contributed by atoms with E-state index in [2.05, 4.69) is 4.98 Å². The maximum atomic E-state index is 12.2. The minimum atomic E-state index is -0.329. The van der Waals surface area contributed by atoms with Crippen molar-refractivity contribution >= 4 is 29.1 Å². The number of carbonyl (C=O) groups excluding carboxylic acids is 1. The number of hydrogen-bond acceptors (Lipinski definition) is 6. The molecular formula is C13H13NO4S2. The van der Waals surface area contributed by atoms with Gasteiger partial charge in [-0.15, -0.1) is 11.8 Å². The monoisotopic (exact) mass is 311 g/mol. The van der Waals surface area contributed by atoms with Crippen LogP contribution in [0.5, 0.6) is 0 Å². The lowest BCUT2D eigenvalue weighted by molar-refractivity contribution is -0.147. The fourth-order valence-corrected chi connectivity index (χ4v) is 4.72. The van der Waals surface area contributed by atoms with Crippen LogP contribution in [0, 0.1) is 5.92 Å². The third kappa shape index (κ3) is 2.31. The van der Waals surface area contributed by atoms with E-state index in [0.29, 0.717) is 18.1 Å². The lowest BCUT2D eigenvalue weighted by Crippen LogP contribution is -2.29. The van der Waals surface area contributed by atoms with Gasteiger partial charge in [-0.2, -0.15) is 0 Å². The molecule has 5 nitrogen and oxygen atoms in total. The first-order valence-electron chi connectivity index (χ1n) is 6.26.